The first kappa shape index (κ1) is 31.3. The number of hydrogen-bond donors (Lipinski definition) is 0. The van der Waals surface area contributed by atoms with Gasteiger partial charge in [0.05, 0.1) is 0 Å². The molecule has 0 aliphatic heterocycles. The Bertz CT molecular complexity index is 3190. The van der Waals surface area contributed by atoms with Crippen LogP contribution < -0.4 is 4.90 Å². The SMILES string of the molecule is c1ccc(N(c2ccccc2)c2ccc(-c3ccc4cc(-c5cc6c7ccccc7c7ccccc7c6c6c5ccc5ccccc56)ccc4c3)cc2)cc1. The lowest BCUT2D eigenvalue weighted by atomic mass is 9.85. The van der Waals surface area contributed by atoms with Crippen molar-refractivity contribution in [3.05, 3.63) is 212 Å². The lowest BCUT2D eigenvalue weighted by Gasteiger charge is -2.25. The van der Waals surface area contributed by atoms with Crippen molar-refractivity contribution >= 4 is 81.7 Å². The molecule has 0 spiro atoms. The molecule has 0 N–H and O–H groups in total. The van der Waals surface area contributed by atoms with E-state index >= 15 is 0 Å². The highest BCUT2D eigenvalue weighted by Gasteiger charge is 2.18. The molecule has 0 aromatic heterocycles. The van der Waals surface area contributed by atoms with E-state index in [1.807, 2.05) is 0 Å². The van der Waals surface area contributed by atoms with Crippen molar-refractivity contribution in [2.75, 3.05) is 4.90 Å². The van der Waals surface area contributed by atoms with Crippen LogP contribution in [0.1, 0.15) is 0 Å². The highest BCUT2D eigenvalue weighted by molar-refractivity contribution is 6.36. The summed E-state index contributed by atoms with van der Waals surface area (Å²) < 4.78 is 0. The summed E-state index contributed by atoms with van der Waals surface area (Å²) in [5, 5.41) is 15.4. The van der Waals surface area contributed by atoms with Crippen LogP contribution in [0, 0.1) is 0 Å². The molecule has 1 nitrogen and oxygen atoms in total. The van der Waals surface area contributed by atoms with Crippen molar-refractivity contribution in [2.24, 2.45) is 0 Å². The van der Waals surface area contributed by atoms with E-state index in [1.54, 1.807) is 0 Å². The van der Waals surface area contributed by atoms with Gasteiger partial charge in [-0.1, -0.05) is 158 Å². The Hall–Kier alpha value is -7.22. The summed E-state index contributed by atoms with van der Waals surface area (Å²) in [7, 11) is 0. The second kappa shape index (κ2) is 12.7. The van der Waals surface area contributed by atoms with Gasteiger partial charge < -0.3 is 4.90 Å². The highest BCUT2D eigenvalue weighted by Crippen LogP contribution is 2.45. The predicted molar refractivity (Wildman–Crippen MR) is 237 cm³/mol. The topological polar surface area (TPSA) is 3.24 Å². The number of hydrogen-bond acceptors (Lipinski definition) is 1. The number of para-hydroxylation sites is 2. The van der Waals surface area contributed by atoms with E-state index in [4.69, 9.17) is 0 Å². The van der Waals surface area contributed by atoms with Crippen molar-refractivity contribution < 1.29 is 0 Å². The molecule has 11 rings (SSSR count). The van der Waals surface area contributed by atoms with Gasteiger partial charge in [-0.15, -0.1) is 0 Å². The van der Waals surface area contributed by atoms with Crippen LogP contribution in [-0.2, 0) is 0 Å². The number of rotatable bonds is 5. The molecule has 55 heavy (non-hydrogen) atoms. The molecule has 0 radical (unpaired) electrons. The van der Waals surface area contributed by atoms with Crippen LogP contribution >= 0.6 is 0 Å². The van der Waals surface area contributed by atoms with Gasteiger partial charge in [-0.05, 0) is 141 Å². The van der Waals surface area contributed by atoms with Gasteiger partial charge in [0.1, 0.15) is 0 Å². The molecule has 0 amide bonds. The Balaban J connectivity index is 1.04. The first-order chi connectivity index (χ1) is 27.3. The molecule has 0 atom stereocenters. The minimum atomic E-state index is 1.13. The molecule has 11 aromatic carbocycles. The summed E-state index contributed by atoms with van der Waals surface area (Å²) >= 11 is 0. The van der Waals surface area contributed by atoms with Crippen LogP contribution in [0.2, 0.25) is 0 Å². The van der Waals surface area contributed by atoms with E-state index in [0.29, 0.717) is 0 Å². The third kappa shape index (κ3) is 5.16. The fraction of sp³-hybridized carbons (Fsp3) is 0. The van der Waals surface area contributed by atoms with Gasteiger partial charge in [-0.3, -0.25) is 0 Å². The normalized spacial score (nSPS) is 11.6. The Morgan fingerprint density at radius 2 is 0.691 bits per heavy atom. The summed E-state index contributed by atoms with van der Waals surface area (Å²) in [6.45, 7) is 0. The molecular formula is C54H35N. The molecule has 0 saturated heterocycles. The van der Waals surface area contributed by atoms with E-state index in [0.717, 1.165) is 17.1 Å². The average molecular weight is 698 g/mol. The quantitative estimate of drug-likeness (QED) is 0.162. The molecule has 0 unspecified atom stereocenters. The van der Waals surface area contributed by atoms with Crippen molar-refractivity contribution in [3.63, 3.8) is 0 Å². The summed E-state index contributed by atoms with van der Waals surface area (Å²) in [5.41, 5.74) is 8.29. The molecule has 0 saturated carbocycles. The van der Waals surface area contributed by atoms with Crippen molar-refractivity contribution in [1.29, 1.82) is 0 Å². The molecule has 0 fully saturated rings. The summed E-state index contributed by atoms with van der Waals surface area (Å²) in [5.74, 6) is 0. The maximum absolute atomic E-state index is 2.45. The molecule has 0 aliphatic rings. The number of benzene rings is 11. The van der Waals surface area contributed by atoms with Gasteiger partial charge in [0.15, 0.2) is 0 Å². The molecule has 0 heterocycles. The minimum absolute atomic E-state index is 1.13. The van der Waals surface area contributed by atoms with Gasteiger partial charge in [0.2, 0.25) is 0 Å². The third-order valence-corrected chi connectivity index (χ3v) is 11.4. The van der Waals surface area contributed by atoms with Gasteiger partial charge in [0, 0.05) is 17.1 Å². The van der Waals surface area contributed by atoms with Gasteiger partial charge in [-0.2, -0.15) is 0 Å². The Morgan fingerprint density at radius 3 is 1.36 bits per heavy atom. The number of nitrogens with zero attached hydrogens (tertiary/aromatic N) is 1. The fourth-order valence-electron chi connectivity index (χ4n) is 8.81. The maximum atomic E-state index is 2.45. The van der Waals surface area contributed by atoms with E-state index < -0.39 is 0 Å². The van der Waals surface area contributed by atoms with E-state index in [2.05, 4.69) is 217 Å². The van der Waals surface area contributed by atoms with E-state index in [-0.39, 0.29) is 0 Å². The smallest absolute Gasteiger partial charge is 0.0462 e. The molecular weight excluding hydrogens is 663 g/mol. The van der Waals surface area contributed by atoms with Crippen molar-refractivity contribution in [2.45, 2.75) is 0 Å². The number of anilines is 3. The van der Waals surface area contributed by atoms with Crippen LogP contribution in [0.3, 0.4) is 0 Å². The molecule has 0 bridgehead atoms. The standard InChI is InChI=1S/C54H35N/c1-3-14-42(15-4-1)55(43-16-5-2-6-17-43)44-30-27-36(28-31-44)38-23-24-40-34-41(26-25-39(40)33-38)51-35-52-48-21-10-9-19-46(48)47-20-11-12-22-49(47)54(52)53-45-18-8-7-13-37(45)29-32-50(51)53/h1-35H. The summed E-state index contributed by atoms with van der Waals surface area (Å²) in [6.07, 6.45) is 0. The van der Waals surface area contributed by atoms with Crippen LogP contribution in [0.25, 0.3) is 86.9 Å². The number of fused-ring (bicyclic) bond motifs is 11. The summed E-state index contributed by atoms with van der Waals surface area (Å²) in [6, 6.07) is 77.6. The molecule has 11 aromatic rings. The van der Waals surface area contributed by atoms with Gasteiger partial charge in [-0.25, -0.2) is 0 Å². The Labute approximate surface area is 320 Å². The van der Waals surface area contributed by atoms with Crippen LogP contribution in [0.5, 0.6) is 0 Å². The second-order valence-corrected chi connectivity index (χ2v) is 14.5. The third-order valence-electron chi connectivity index (χ3n) is 11.4. The zero-order chi connectivity index (χ0) is 36.3. The zero-order valence-corrected chi connectivity index (χ0v) is 30.2. The highest BCUT2D eigenvalue weighted by atomic mass is 15.1. The first-order valence-electron chi connectivity index (χ1n) is 19.0. The first-order valence-corrected chi connectivity index (χ1v) is 19.0. The van der Waals surface area contributed by atoms with Gasteiger partial charge in [0.25, 0.3) is 0 Å². The Morgan fingerprint density at radius 1 is 0.236 bits per heavy atom. The molecule has 0 aliphatic carbocycles. The predicted octanol–water partition coefficient (Wildman–Crippen LogP) is 15.4. The Kier molecular flexibility index (Phi) is 7.25. The fourth-order valence-corrected chi connectivity index (χ4v) is 8.81. The monoisotopic (exact) mass is 697 g/mol. The van der Waals surface area contributed by atoms with Crippen LogP contribution in [0.4, 0.5) is 17.1 Å². The van der Waals surface area contributed by atoms with E-state index in [1.165, 1.54) is 86.9 Å². The summed E-state index contributed by atoms with van der Waals surface area (Å²) in [4.78, 5) is 2.30. The lowest BCUT2D eigenvalue weighted by Crippen LogP contribution is -2.09. The maximum Gasteiger partial charge on any atom is 0.0462 e. The minimum Gasteiger partial charge on any atom is -0.311 e. The molecule has 256 valence electrons. The lowest BCUT2D eigenvalue weighted by molar-refractivity contribution is 1.28. The average Bonchev–Trinajstić information content (AvgIpc) is 3.26. The van der Waals surface area contributed by atoms with Crippen LogP contribution in [-0.4, -0.2) is 0 Å². The van der Waals surface area contributed by atoms with Crippen LogP contribution in [0.15, 0.2) is 212 Å². The second-order valence-electron chi connectivity index (χ2n) is 14.5. The van der Waals surface area contributed by atoms with E-state index in [9.17, 15) is 0 Å². The molecule has 1 heteroatoms. The largest absolute Gasteiger partial charge is 0.311 e. The van der Waals surface area contributed by atoms with Crippen molar-refractivity contribution in [3.8, 4) is 22.3 Å². The van der Waals surface area contributed by atoms with Crippen molar-refractivity contribution in [1.82, 2.24) is 0 Å². The zero-order valence-electron chi connectivity index (χ0n) is 30.2. The van der Waals surface area contributed by atoms with Gasteiger partial charge >= 0.3 is 0 Å².